The van der Waals surface area contributed by atoms with Crippen LogP contribution in [0.5, 0.6) is 0 Å². The summed E-state index contributed by atoms with van der Waals surface area (Å²) in [6, 6.07) is 3.94. The molecule has 1 aromatic rings. The number of hydrogen-bond donors (Lipinski definition) is 2. The molecule has 1 fully saturated rings. The normalized spacial score (nSPS) is 17.6. The fourth-order valence-corrected chi connectivity index (χ4v) is 1.81. The highest BCUT2D eigenvalue weighted by Crippen LogP contribution is 2.16. The van der Waals surface area contributed by atoms with Crippen molar-refractivity contribution in [2.45, 2.75) is 13.0 Å². The molecule has 0 saturated carbocycles. The summed E-state index contributed by atoms with van der Waals surface area (Å²) in [4.78, 5) is 28.6. The van der Waals surface area contributed by atoms with Gasteiger partial charge in [-0.15, -0.1) is 0 Å². The van der Waals surface area contributed by atoms with E-state index in [0.29, 0.717) is 0 Å². The first-order chi connectivity index (χ1) is 8.60. The molecule has 1 aliphatic heterocycles. The first-order valence-electron chi connectivity index (χ1n) is 5.81. The number of carbonyl (C=O) groups excluding carboxylic acids is 2. The predicted octanol–water partition coefficient (Wildman–Crippen LogP) is -0.175. The molecule has 1 unspecified atom stereocenters. The second-order valence-electron chi connectivity index (χ2n) is 4.28. The fourth-order valence-electron chi connectivity index (χ4n) is 1.81. The Hall–Kier alpha value is -1.95. The van der Waals surface area contributed by atoms with Crippen LogP contribution in [0.4, 0.5) is 5.69 Å². The standard InChI is InChI=1S/C12H16N4O2/c1-8(13-2)10-4-3-9(5-14-10)16-6-11(17)15-12(18)7-16/h3-5,8,13H,6-7H2,1-2H3,(H,15,17,18). The van der Waals surface area contributed by atoms with Crippen LogP contribution < -0.4 is 15.5 Å². The highest BCUT2D eigenvalue weighted by molar-refractivity contribution is 6.02. The van der Waals surface area contributed by atoms with Crippen LogP contribution in [0, 0.1) is 0 Å². The molecule has 0 aliphatic carbocycles. The number of carbonyl (C=O) groups is 2. The topological polar surface area (TPSA) is 74.3 Å². The zero-order valence-electron chi connectivity index (χ0n) is 10.4. The minimum Gasteiger partial charge on any atom is -0.352 e. The lowest BCUT2D eigenvalue weighted by atomic mass is 10.2. The molecule has 1 saturated heterocycles. The van der Waals surface area contributed by atoms with E-state index in [2.05, 4.69) is 15.6 Å². The third-order valence-corrected chi connectivity index (χ3v) is 2.96. The number of imide groups is 1. The minimum atomic E-state index is -0.279. The quantitative estimate of drug-likeness (QED) is 0.726. The zero-order chi connectivity index (χ0) is 13.1. The molecule has 6 nitrogen and oxygen atoms in total. The first-order valence-corrected chi connectivity index (χ1v) is 5.81. The van der Waals surface area contributed by atoms with Gasteiger partial charge >= 0.3 is 0 Å². The van der Waals surface area contributed by atoms with Crippen molar-refractivity contribution in [1.29, 1.82) is 0 Å². The minimum absolute atomic E-state index is 0.172. The first kappa shape index (κ1) is 12.5. The lowest BCUT2D eigenvalue weighted by molar-refractivity contribution is -0.130. The molecule has 2 heterocycles. The van der Waals surface area contributed by atoms with Crippen molar-refractivity contribution < 1.29 is 9.59 Å². The number of nitrogens with zero attached hydrogens (tertiary/aromatic N) is 2. The van der Waals surface area contributed by atoms with Gasteiger partial charge in [0.05, 0.1) is 30.7 Å². The van der Waals surface area contributed by atoms with E-state index in [9.17, 15) is 9.59 Å². The fraction of sp³-hybridized carbons (Fsp3) is 0.417. The molecule has 2 N–H and O–H groups in total. The van der Waals surface area contributed by atoms with Crippen molar-refractivity contribution in [2.24, 2.45) is 0 Å². The number of anilines is 1. The van der Waals surface area contributed by atoms with Crippen molar-refractivity contribution in [3.63, 3.8) is 0 Å². The van der Waals surface area contributed by atoms with Crippen LogP contribution in [-0.4, -0.2) is 36.9 Å². The summed E-state index contributed by atoms with van der Waals surface area (Å²) in [5.74, 6) is -0.558. The second kappa shape index (κ2) is 5.14. The van der Waals surface area contributed by atoms with Crippen LogP contribution in [-0.2, 0) is 9.59 Å². The summed E-state index contributed by atoms with van der Waals surface area (Å²) in [7, 11) is 1.87. The van der Waals surface area contributed by atoms with Crippen molar-refractivity contribution >= 4 is 17.5 Å². The van der Waals surface area contributed by atoms with Gasteiger partial charge < -0.3 is 10.2 Å². The molecule has 18 heavy (non-hydrogen) atoms. The number of aromatic nitrogens is 1. The maximum atomic E-state index is 11.3. The Labute approximate surface area is 105 Å². The van der Waals surface area contributed by atoms with Crippen LogP contribution in [0.15, 0.2) is 18.3 Å². The van der Waals surface area contributed by atoms with Gasteiger partial charge in [0.2, 0.25) is 11.8 Å². The molecule has 96 valence electrons. The lowest BCUT2D eigenvalue weighted by Crippen LogP contribution is -2.51. The van der Waals surface area contributed by atoms with Gasteiger partial charge in [-0.25, -0.2) is 0 Å². The van der Waals surface area contributed by atoms with Crippen LogP contribution in [0.1, 0.15) is 18.7 Å². The maximum Gasteiger partial charge on any atom is 0.246 e. The Morgan fingerprint density at radius 2 is 2.00 bits per heavy atom. The Morgan fingerprint density at radius 1 is 1.33 bits per heavy atom. The highest BCUT2D eigenvalue weighted by atomic mass is 16.2. The average Bonchev–Trinajstić information content (AvgIpc) is 2.37. The molecule has 2 amide bonds. The Balaban J connectivity index is 2.14. The van der Waals surface area contributed by atoms with Gasteiger partial charge in [-0.3, -0.25) is 19.9 Å². The van der Waals surface area contributed by atoms with Crippen LogP contribution in [0.25, 0.3) is 0 Å². The lowest BCUT2D eigenvalue weighted by Gasteiger charge is -2.27. The molecular formula is C12H16N4O2. The maximum absolute atomic E-state index is 11.3. The molecular weight excluding hydrogens is 232 g/mol. The summed E-state index contributed by atoms with van der Waals surface area (Å²) >= 11 is 0. The number of pyridine rings is 1. The molecule has 0 radical (unpaired) electrons. The summed E-state index contributed by atoms with van der Waals surface area (Å²) in [5, 5.41) is 5.37. The summed E-state index contributed by atoms with van der Waals surface area (Å²) in [6.45, 7) is 2.39. The van der Waals surface area contributed by atoms with E-state index in [0.717, 1.165) is 11.4 Å². The molecule has 1 atom stereocenters. The van der Waals surface area contributed by atoms with E-state index >= 15 is 0 Å². The van der Waals surface area contributed by atoms with Gasteiger partial charge in [0, 0.05) is 6.04 Å². The molecule has 1 aromatic heterocycles. The van der Waals surface area contributed by atoms with Crippen molar-refractivity contribution in [3.8, 4) is 0 Å². The van der Waals surface area contributed by atoms with E-state index in [1.807, 2.05) is 26.1 Å². The largest absolute Gasteiger partial charge is 0.352 e. The van der Waals surface area contributed by atoms with Crippen LogP contribution >= 0.6 is 0 Å². The van der Waals surface area contributed by atoms with Crippen molar-refractivity contribution in [1.82, 2.24) is 15.6 Å². The Morgan fingerprint density at radius 3 is 2.50 bits per heavy atom. The van der Waals surface area contributed by atoms with E-state index < -0.39 is 0 Å². The molecule has 0 spiro atoms. The van der Waals surface area contributed by atoms with Gasteiger partial charge in [0.15, 0.2) is 0 Å². The van der Waals surface area contributed by atoms with Crippen LogP contribution in [0.2, 0.25) is 0 Å². The van der Waals surface area contributed by atoms with Crippen LogP contribution in [0.3, 0.4) is 0 Å². The molecule has 0 bridgehead atoms. The third kappa shape index (κ3) is 2.65. The number of nitrogens with one attached hydrogen (secondary N) is 2. The van der Waals surface area contributed by atoms with E-state index in [1.165, 1.54) is 0 Å². The Bertz CT molecular complexity index is 442. The SMILES string of the molecule is CNC(C)c1ccc(N2CC(=O)NC(=O)C2)cn1. The van der Waals surface area contributed by atoms with Gasteiger partial charge in [-0.05, 0) is 26.1 Å². The monoisotopic (exact) mass is 248 g/mol. The van der Waals surface area contributed by atoms with Gasteiger partial charge in [-0.1, -0.05) is 0 Å². The summed E-state index contributed by atoms with van der Waals surface area (Å²) in [6.07, 6.45) is 1.69. The predicted molar refractivity (Wildman–Crippen MR) is 67.1 cm³/mol. The highest BCUT2D eigenvalue weighted by Gasteiger charge is 2.22. The summed E-state index contributed by atoms with van der Waals surface area (Å²) < 4.78 is 0. The van der Waals surface area contributed by atoms with Gasteiger partial charge in [-0.2, -0.15) is 0 Å². The number of amides is 2. The average molecular weight is 248 g/mol. The number of hydrogen-bond acceptors (Lipinski definition) is 5. The zero-order valence-corrected chi connectivity index (χ0v) is 10.4. The Kier molecular flexibility index (Phi) is 3.57. The smallest absolute Gasteiger partial charge is 0.246 e. The van der Waals surface area contributed by atoms with Gasteiger partial charge in [0.25, 0.3) is 0 Å². The third-order valence-electron chi connectivity index (χ3n) is 2.96. The summed E-state index contributed by atoms with van der Waals surface area (Å²) in [5.41, 5.74) is 1.71. The van der Waals surface area contributed by atoms with Gasteiger partial charge in [0.1, 0.15) is 0 Å². The molecule has 6 heteroatoms. The van der Waals surface area contributed by atoms with Crippen molar-refractivity contribution in [3.05, 3.63) is 24.0 Å². The van der Waals surface area contributed by atoms with E-state index in [-0.39, 0.29) is 30.9 Å². The molecule has 1 aliphatic rings. The van der Waals surface area contributed by atoms with E-state index in [1.54, 1.807) is 11.1 Å². The second-order valence-corrected chi connectivity index (χ2v) is 4.28. The van der Waals surface area contributed by atoms with Crippen molar-refractivity contribution in [2.75, 3.05) is 25.0 Å². The number of piperazine rings is 1. The molecule has 0 aromatic carbocycles. The van der Waals surface area contributed by atoms with E-state index in [4.69, 9.17) is 0 Å². The number of rotatable bonds is 3. The molecule has 2 rings (SSSR count).